The predicted octanol–water partition coefficient (Wildman–Crippen LogP) is 3.88. The van der Waals surface area contributed by atoms with Crippen LogP contribution in [0.3, 0.4) is 0 Å². The van der Waals surface area contributed by atoms with Crippen LogP contribution in [0.5, 0.6) is 0 Å². The van der Waals surface area contributed by atoms with Gasteiger partial charge >= 0.3 is 24.3 Å². The number of carboxylic acids is 2. The van der Waals surface area contributed by atoms with Gasteiger partial charge in [0.1, 0.15) is 0 Å². The van der Waals surface area contributed by atoms with Crippen molar-refractivity contribution in [3.8, 4) is 11.1 Å². The summed E-state index contributed by atoms with van der Waals surface area (Å²) >= 11 is 0. The number of amides is 1. The van der Waals surface area contributed by atoms with Gasteiger partial charge in [0.05, 0.1) is 13.2 Å². The first-order chi connectivity index (χ1) is 20.5. The van der Waals surface area contributed by atoms with Crippen molar-refractivity contribution in [3.05, 3.63) is 54.4 Å². The van der Waals surface area contributed by atoms with Gasteiger partial charge in [-0.1, -0.05) is 12.1 Å². The zero-order valence-corrected chi connectivity index (χ0v) is 24.1. The molecule has 0 bridgehead atoms. The molecule has 4 rings (SSSR count). The Morgan fingerprint density at radius 3 is 1.80 bits per heavy atom. The fourth-order valence-electron chi connectivity index (χ4n) is 4.55. The highest BCUT2D eigenvalue weighted by atomic mass is 19.4. The molecule has 10 nitrogen and oxygen atoms in total. The maximum absolute atomic E-state index is 13.1. The molecule has 0 aliphatic carbocycles. The third-order valence-electron chi connectivity index (χ3n) is 6.98. The number of aliphatic carboxylic acids is 2. The van der Waals surface area contributed by atoms with Gasteiger partial charge < -0.3 is 24.7 Å². The lowest BCUT2D eigenvalue weighted by atomic mass is 9.85. The number of alkyl halides is 6. The molecule has 1 spiro atoms. The minimum Gasteiger partial charge on any atom is -0.475 e. The van der Waals surface area contributed by atoms with Gasteiger partial charge in [-0.15, -0.1) is 0 Å². The lowest BCUT2D eigenvalue weighted by molar-refractivity contribution is -0.193. The van der Waals surface area contributed by atoms with Crippen molar-refractivity contribution in [2.24, 2.45) is 0 Å². The third-order valence-corrected chi connectivity index (χ3v) is 6.98. The summed E-state index contributed by atoms with van der Waals surface area (Å²) in [5, 5.41) is 14.2. The van der Waals surface area contributed by atoms with E-state index >= 15 is 0 Å². The van der Waals surface area contributed by atoms with Crippen LogP contribution in [0.1, 0.15) is 23.2 Å². The number of morpholine rings is 1. The molecule has 244 valence electrons. The van der Waals surface area contributed by atoms with Crippen molar-refractivity contribution < 1.29 is 55.7 Å². The van der Waals surface area contributed by atoms with E-state index in [2.05, 4.69) is 28.9 Å². The summed E-state index contributed by atoms with van der Waals surface area (Å²) in [6.45, 7) is 6.25. The van der Waals surface area contributed by atoms with Crippen LogP contribution in [0.2, 0.25) is 0 Å². The number of halogens is 6. The zero-order valence-electron chi connectivity index (χ0n) is 24.1. The van der Waals surface area contributed by atoms with Crippen LogP contribution in [0.25, 0.3) is 11.1 Å². The second-order valence-electron chi connectivity index (χ2n) is 10.3. The number of rotatable bonds is 5. The maximum Gasteiger partial charge on any atom is 0.490 e. The maximum atomic E-state index is 13.1. The van der Waals surface area contributed by atoms with Crippen LogP contribution >= 0.6 is 0 Å². The van der Waals surface area contributed by atoms with Crippen LogP contribution in [-0.2, 0) is 14.3 Å². The Bertz CT molecular complexity index is 1190. The van der Waals surface area contributed by atoms with Gasteiger partial charge in [-0.2, -0.15) is 26.3 Å². The number of likely N-dealkylation sites (N-methyl/N-ethyl adjacent to an activating group) is 1. The number of likely N-dealkylation sites (tertiary alicyclic amines) is 1. The lowest BCUT2D eigenvalue weighted by Gasteiger charge is -2.51. The van der Waals surface area contributed by atoms with E-state index in [1.165, 1.54) is 0 Å². The fourth-order valence-corrected chi connectivity index (χ4v) is 4.55. The number of carbonyl (C=O) groups is 3. The average Bonchev–Trinajstić information content (AvgIpc) is 2.97. The van der Waals surface area contributed by atoms with Gasteiger partial charge in [-0.3, -0.25) is 14.7 Å². The highest BCUT2D eigenvalue weighted by Crippen LogP contribution is 2.32. The van der Waals surface area contributed by atoms with Gasteiger partial charge in [0.15, 0.2) is 0 Å². The number of aromatic nitrogens is 1. The molecule has 0 saturated carbocycles. The topological polar surface area (TPSA) is 124 Å². The number of carbonyl (C=O) groups excluding carboxylic acids is 1. The van der Waals surface area contributed by atoms with Crippen LogP contribution < -0.4 is 0 Å². The van der Waals surface area contributed by atoms with Gasteiger partial charge in [-0.05, 0) is 62.3 Å². The smallest absolute Gasteiger partial charge is 0.475 e. The molecule has 1 aromatic heterocycles. The second-order valence-corrected chi connectivity index (χ2v) is 10.3. The van der Waals surface area contributed by atoms with E-state index in [1.807, 2.05) is 41.3 Å². The molecule has 0 radical (unpaired) electrons. The number of pyridine rings is 1. The van der Waals surface area contributed by atoms with E-state index in [4.69, 9.17) is 24.5 Å². The van der Waals surface area contributed by atoms with Crippen LogP contribution in [0.4, 0.5) is 26.3 Å². The Morgan fingerprint density at radius 2 is 1.34 bits per heavy atom. The number of hydrogen-bond acceptors (Lipinski definition) is 7. The minimum absolute atomic E-state index is 0.0796. The monoisotopic (exact) mass is 636 g/mol. The van der Waals surface area contributed by atoms with Crippen molar-refractivity contribution in [2.75, 3.05) is 60.0 Å². The van der Waals surface area contributed by atoms with E-state index in [0.29, 0.717) is 0 Å². The molecular formula is C28H34F6N4O6. The van der Waals surface area contributed by atoms with Crippen LogP contribution in [-0.4, -0.2) is 126 Å². The number of hydrogen-bond donors (Lipinski definition) is 2. The normalized spacial score (nSPS) is 16.8. The highest BCUT2D eigenvalue weighted by molar-refractivity contribution is 5.94. The third kappa shape index (κ3) is 11.1. The molecule has 1 amide bonds. The molecule has 3 heterocycles. The molecule has 1 aromatic carbocycles. The number of nitrogens with zero attached hydrogens (tertiary/aromatic N) is 4. The molecule has 44 heavy (non-hydrogen) atoms. The van der Waals surface area contributed by atoms with Gasteiger partial charge in [0, 0.05) is 56.2 Å². The Morgan fingerprint density at radius 1 is 0.864 bits per heavy atom. The molecule has 2 N–H and O–H groups in total. The summed E-state index contributed by atoms with van der Waals surface area (Å²) in [5.41, 5.74) is 3.05. The van der Waals surface area contributed by atoms with E-state index < -0.39 is 24.3 Å². The van der Waals surface area contributed by atoms with E-state index in [-0.39, 0.29) is 11.4 Å². The van der Waals surface area contributed by atoms with Crippen molar-refractivity contribution in [1.82, 2.24) is 19.7 Å². The van der Waals surface area contributed by atoms with Crippen molar-refractivity contribution >= 4 is 17.8 Å². The standard InChI is InChI=1S/C24H32N4O2.2C2HF3O2/c1-26(2)15-16-28-17-18-30-19-24(28)9-13-27(14-10-24)23(29)22-5-3-20(4-6-22)21-7-11-25-12-8-21;2*3-2(4,5)1(6)7/h3-8,11-12H,9-10,13-19H2,1-2H3;2*(H,6,7). The minimum atomic E-state index is -5.08. The van der Waals surface area contributed by atoms with Crippen LogP contribution in [0, 0.1) is 0 Å². The largest absolute Gasteiger partial charge is 0.490 e. The molecule has 0 atom stereocenters. The van der Waals surface area contributed by atoms with E-state index in [1.54, 1.807) is 12.4 Å². The molecule has 16 heteroatoms. The number of piperidine rings is 1. The SMILES string of the molecule is CN(C)CCN1CCOCC12CCN(C(=O)c1ccc(-c3ccncc3)cc1)CC2.O=C(O)C(F)(F)F.O=C(O)C(F)(F)F. The Hall–Kier alpha value is -3.76. The fraction of sp³-hybridized carbons (Fsp3) is 0.500. The predicted molar refractivity (Wildman–Crippen MR) is 146 cm³/mol. The van der Waals surface area contributed by atoms with Gasteiger partial charge in [-0.25, -0.2) is 9.59 Å². The van der Waals surface area contributed by atoms with Crippen LogP contribution in [0.15, 0.2) is 48.8 Å². The molecule has 2 aromatic rings. The van der Waals surface area contributed by atoms with E-state index in [0.717, 1.165) is 75.5 Å². The van der Waals surface area contributed by atoms with Gasteiger partial charge in [0.25, 0.3) is 5.91 Å². The van der Waals surface area contributed by atoms with Crippen molar-refractivity contribution in [1.29, 1.82) is 0 Å². The lowest BCUT2D eigenvalue weighted by Crippen LogP contribution is -2.62. The second kappa shape index (κ2) is 15.8. The van der Waals surface area contributed by atoms with Crippen molar-refractivity contribution in [3.63, 3.8) is 0 Å². The average molecular weight is 637 g/mol. The first-order valence-corrected chi connectivity index (χ1v) is 13.3. The quantitative estimate of drug-likeness (QED) is 0.471. The Labute approximate surface area is 249 Å². The molecular weight excluding hydrogens is 602 g/mol. The van der Waals surface area contributed by atoms with Crippen molar-refractivity contribution in [2.45, 2.75) is 30.7 Å². The Balaban J connectivity index is 0.000000402. The molecule has 2 aliphatic rings. The zero-order chi connectivity index (χ0) is 33.1. The first kappa shape index (κ1) is 36.4. The summed E-state index contributed by atoms with van der Waals surface area (Å²) in [6, 6.07) is 11.9. The molecule has 0 unspecified atom stereocenters. The summed E-state index contributed by atoms with van der Waals surface area (Å²) in [5.74, 6) is -5.39. The summed E-state index contributed by atoms with van der Waals surface area (Å²) in [6.07, 6.45) is -4.65. The molecule has 2 fully saturated rings. The number of benzene rings is 1. The summed E-state index contributed by atoms with van der Waals surface area (Å²) in [7, 11) is 4.24. The summed E-state index contributed by atoms with van der Waals surface area (Å²) < 4.78 is 69.3. The number of ether oxygens (including phenoxy) is 1. The van der Waals surface area contributed by atoms with Gasteiger partial charge in [0.2, 0.25) is 0 Å². The molecule has 2 aliphatic heterocycles. The summed E-state index contributed by atoms with van der Waals surface area (Å²) in [4.78, 5) is 41.8. The Kier molecular flexibility index (Phi) is 13.1. The number of carboxylic acid groups (broad SMARTS) is 2. The van der Waals surface area contributed by atoms with E-state index in [9.17, 15) is 31.1 Å². The highest BCUT2D eigenvalue weighted by Gasteiger charge is 2.43. The molecule has 2 saturated heterocycles. The first-order valence-electron chi connectivity index (χ1n) is 13.3.